The van der Waals surface area contributed by atoms with Gasteiger partial charge in [-0.1, -0.05) is 12.1 Å². The number of fused-ring (bicyclic) bond motifs is 1. The topological polar surface area (TPSA) is 64.6 Å². The van der Waals surface area contributed by atoms with E-state index in [1.54, 1.807) is 0 Å². The van der Waals surface area contributed by atoms with Crippen molar-refractivity contribution < 1.29 is 9.90 Å². The summed E-state index contributed by atoms with van der Waals surface area (Å²) in [4.78, 5) is 13.6. The zero-order chi connectivity index (χ0) is 13.9. The fraction of sp³-hybridized carbons (Fsp3) is 0.533. The van der Waals surface area contributed by atoms with E-state index in [2.05, 4.69) is 15.5 Å². The molecule has 2 aliphatic rings. The molecule has 0 saturated carbocycles. The number of nitrogens with one attached hydrogen (secondary N) is 2. The minimum absolute atomic E-state index is 0.0326. The van der Waals surface area contributed by atoms with E-state index < -0.39 is 6.10 Å². The van der Waals surface area contributed by atoms with Crippen LogP contribution in [0, 0.1) is 0 Å². The molecule has 0 bridgehead atoms. The highest BCUT2D eigenvalue weighted by Gasteiger charge is 2.20. The van der Waals surface area contributed by atoms with Gasteiger partial charge in [0.05, 0.1) is 12.5 Å². The van der Waals surface area contributed by atoms with Crippen molar-refractivity contribution in [2.24, 2.45) is 0 Å². The Morgan fingerprint density at radius 1 is 1.30 bits per heavy atom. The Hall–Kier alpha value is -1.43. The van der Waals surface area contributed by atoms with Crippen LogP contribution in [0.2, 0.25) is 0 Å². The number of anilines is 1. The van der Waals surface area contributed by atoms with Crippen molar-refractivity contribution in [3.8, 4) is 0 Å². The molecule has 108 valence electrons. The second-order valence-electron chi connectivity index (χ2n) is 5.56. The molecular formula is C15H21N3O2. The number of nitrogens with zero attached hydrogens (tertiary/aromatic N) is 1. The zero-order valence-electron chi connectivity index (χ0n) is 11.6. The standard InChI is InChI=1S/C15H21N3O2/c19-14(10-18-6-1-4-16-5-7-18)11-2-3-13-12(8-11)9-15(20)17-13/h2-3,8,14,16,19H,1,4-7,9-10H2,(H,17,20). The van der Waals surface area contributed by atoms with Crippen molar-refractivity contribution in [3.63, 3.8) is 0 Å². The van der Waals surface area contributed by atoms with Crippen molar-refractivity contribution in [2.45, 2.75) is 18.9 Å². The van der Waals surface area contributed by atoms with Crippen molar-refractivity contribution in [3.05, 3.63) is 29.3 Å². The third-order valence-corrected chi connectivity index (χ3v) is 4.00. The first kappa shape index (κ1) is 13.5. The van der Waals surface area contributed by atoms with Crippen molar-refractivity contribution in [2.75, 3.05) is 38.0 Å². The zero-order valence-corrected chi connectivity index (χ0v) is 11.6. The molecule has 1 aromatic carbocycles. The van der Waals surface area contributed by atoms with Gasteiger partial charge in [-0.3, -0.25) is 9.69 Å². The first-order valence-electron chi connectivity index (χ1n) is 7.26. The van der Waals surface area contributed by atoms with Gasteiger partial charge in [0, 0.05) is 25.3 Å². The Balaban J connectivity index is 1.66. The SMILES string of the molecule is O=C1Cc2cc(C(O)CN3CCCNCC3)ccc2N1. The number of aliphatic hydroxyl groups is 1. The highest BCUT2D eigenvalue weighted by atomic mass is 16.3. The molecule has 1 amide bonds. The normalized spacial score (nSPS) is 21.1. The monoisotopic (exact) mass is 275 g/mol. The van der Waals surface area contributed by atoms with Crippen molar-refractivity contribution >= 4 is 11.6 Å². The lowest BCUT2D eigenvalue weighted by atomic mass is 10.0. The van der Waals surface area contributed by atoms with E-state index in [-0.39, 0.29) is 5.91 Å². The van der Waals surface area contributed by atoms with Gasteiger partial charge in [-0.15, -0.1) is 0 Å². The van der Waals surface area contributed by atoms with Crippen LogP contribution in [-0.2, 0) is 11.2 Å². The number of aliphatic hydroxyl groups excluding tert-OH is 1. The van der Waals surface area contributed by atoms with Crippen LogP contribution in [0.1, 0.15) is 23.7 Å². The number of rotatable bonds is 3. The lowest BCUT2D eigenvalue weighted by molar-refractivity contribution is -0.115. The molecule has 2 heterocycles. The molecule has 1 aromatic rings. The average molecular weight is 275 g/mol. The number of carbonyl (C=O) groups is 1. The van der Waals surface area contributed by atoms with Gasteiger partial charge >= 0.3 is 0 Å². The van der Waals surface area contributed by atoms with Crippen LogP contribution >= 0.6 is 0 Å². The Bertz CT molecular complexity index is 496. The van der Waals surface area contributed by atoms with Gasteiger partial charge in [0.1, 0.15) is 0 Å². The summed E-state index contributed by atoms with van der Waals surface area (Å²) in [6.07, 6.45) is 1.05. The fourth-order valence-electron chi connectivity index (χ4n) is 2.89. The molecule has 1 fully saturated rings. The van der Waals surface area contributed by atoms with Gasteiger partial charge in [0.15, 0.2) is 0 Å². The van der Waals surface area contributed by atoms with Crippen LogP contribution in [0.3, 0.4) is 0 Å². The number of benzene rings is 1. The molecule has 0 aliphatic carbocycles. The number of hydrogen-bond donors (Lipinski definition) is 3. The maximum absolute atomic E-state index is 11.3. The summed E-state index contributed by atoms with van der Waals surface area (Å²) in [5.74, 6) is 0.0326. The fourth-order valence-corrected chi connectivity index (χ4v) is 2.89. The number of hydrogen-bond acceptors (Lipinski definition) is 4. The predicted octanol–water partition coefficient (Wildman–Crippen LogP) is 0.510. The minimum atomic E-state index is -0.492. The van der Waals surface area contributed by atoms with Crippen molar-refractivity contribution in [1.29, 1.82) is 0 Å². The molecule has 0 aromatic heterocycles. The average Bonchev–Trinajstić information content (AvgIpc) is 2.62. The largest absolute Gasteiger partial charge is 0.387 e. The molecule has 1 unspecified atom stereocenters. The van der Waals surface area contributed by atoms with E-state index >= 15 is 0 Å². The highest BCUT2D eigenvalue weighted by molar-refractivity contribution is 5.99. The summed E-state index contributed by atoms with van der Waals surface area (Å²) in [5, 5.41) is 16.6. The first-order valence-corrected chi connectivity index (χ1v) is 7.26. The van der Waals surface area contributed by atoms with Gasteiger partial charge in [-0.2, -0.15) is 0 Å². The Morgan fingerprint density at radius 2 is 2.20 bits per heavy atom. The summed E-state index contributed by atoms with van der Waals surface area (Å²) in [6.45, 7) is 4.69. The van der Waals surface area contributed by atoms with Crippen LogP contribution in [-0.4, -0.2) is 48.6 Å². The van der Waals surface area contributed by atoms with E-state index in [0.29, 0.717) is 13.0 Å². The first-order chi connectivity index (χ1) is 9.72. The second-order valence-corrected chi connectivity index (χ2v) is 5.56. The summed E-state index contributed by atoms with van der Waals surface area (Å²) in [7, 11) is 0. The van der Waals surface area contributed by atoms with Crippen molar-refractivity contribution in [1.82, 2.24) is 10.2 Å². The van der Waals surface area contributed by atoms with Gasteiger partial charge < -0.3 is 15.7 Å². The quantitative estimate of drug-likeness (QED) is 0.752. The van der Waals surface area contributed by atoms with Crippen LogP contribution in [0.15, 0.2) is 18.2 Å². The van der Waals surface area contributed by atoms with Crippen LogP contribution in [0.25, 0.3) is 0 Å². The van der Waals surface area contributed by atoms with Crippen LogP contribution < -0.4 is 10.6 Å². The molecule has 0 spiro atoms. The third-order valence-electron chi connectivity index (χ3n) is 4.00. The predicted molar refractivity (Wildman–Crippen MR) is 77.7 cm³/mol. The second kappa shape index (κ2) is 5.91. The Morgan fingerprint density at radius 3 is 3.10 bits per heavy atom. The van der Waals surface area contributed by atoms with E-state index in [1.807, 2.05) is 18.2 Å². The maximum atomic E-state index is 11.3. The number of carbonyl (C=O) groups excluding carboxylic acids is 1. The molecule has 3 rings (SSSR count). The van der Waals surface area contributed by atoms with Gasteiger partial charge in [-0.25, -0.2) is 0 Å². The van der Waals surface area contributed by atoms with Gasteiger partial charge in [0.25, 0.3) is 0 Å². The third kappa shape index (κ3) is 3.00. The van der Waals surface area contributed by atoms with E-state index in [4.69, 9.17) is 0 Å². The summed E-state index contributed by atoms with van der Waals surface area (Å²) in [6, 6.07) is 5.75. The molecule has 1 atom stereocenters. The molecule has 3 N–H and O–H groups in total. The van der Waals surface area contributed by atoms with E-state index in [9.17, 15) is 9.90 Å². The molecule has 20 heavy (non-hydrogen) atoms. The van der Waals surface area contributed by atoms with Gasteiger partial charge in [0.2, 0.25) is 5.91 Å². The highest BCUT2D eigenvalue weighted by Crippen LogP contribution is 2.26. The maximum Gasteiger partial charge on any atom is 0.228 e. The Labute approximate surface area is 119 Å². The number of β-amino-alcohol motifs (C(OH)–C–C–N with tert-alkyl or cyclic N) is 1. The van der Waals surface area contributed by atoms with E-state index in [0.717, 1.165) is 49.4 Å². The summed E-state index contributed by atoms with van der Waals surface area (Å²) >= 11 is 0. The molecule has 2 aliphatic heterocycles. The van der Waals surface area contributed by atoms with Crippen LogP contribution in [0.5, 0.6) is 0 Å². The molecule has 0 radical (unpaired) electrons. The molecule has 1 saturated heterocycles. The lowest BCUT2D eigenvalue weighted by Crippen LogP contribution is -2.32. The molecule has 5 nitrogen and oxygen atoms in total. The lowest BCUT2D eigenvalue weighted by Gasteiger charge is -2.23. The summed E-state index contributed by atoms with van der Waals surface area (Å²) < 4.78 is 0. The summed E-state index contributed by atoms with van der Waals surface area (Å²) in [5.41, 5.74) is 2.77. The van der Waals surface area contributed by atoms with Crippen LogP contribution in [0.4, 0.5) is 5.69 Å². The molecule has 5 heteroatoms. The molecular weight excluding hydrogens is 254 g/mol. The Kier molecular flexibility index (Phi) is 4.00. The minimum Gasteiger partial charge on any atom is -0.387 e. The van der Waals surface area contributed by atoms with Gasteiger partial charge in [-0.05, 0) is 36.7 Å². The van der Waals surface area contributed by atoms with E-state index in [1.165, 1.54) is 0 Å². The number of amides is 1. The smallest absolute Gasteiger partial charge is 0.228 e.